The SMILES string of the molecule is CC(C)NCc1c(F)ccc(S(=O)(=O)NC2CC2)c1F. The van der Waals surface area contributed by atoms with E-state index in [1.165, 1.54) is 0 Å². The Labute approximate surface area is 117 Å². The van der Waals surface area contributed by atoms with E-state index in [0.717, 1.165) is 25.0 Å². The number of rotatable bonds is 6. The molecule has 0 saturated heterocycles. The summed E-state index contributed by atoms with van der Waals surface area (Å²) in [6, 6.07) is 1.87. The molecule has 1 saturated carbocycles. The van der Waals surface area contributed by atoms with E-state index in [2.05, 4.69) is 10.0 Å². The molecule has 0 heterocycles. The molecule has 1 aliphatic rings. The second-order valence-corrected chi connectivity index (χ2v) is 6.95. The summed E-state index contributed by atoms with van der Waals surface area (Å²) >= 11 is 0. The number of sulfonamides is 1. The molecule has 1 aromatic carbocycles. The molecule has 0 atom stereocenters. The monoisotopic (exact) mass is 304 g/mol. The minimum atomic E-state index is -3.92. The molecule has 1 fully saturated rings. The van der Waals surface area contributed by atoms with Crippen molar-refractivity contribution in [1.82, 2.24) is 10.0 Å². The summed E-state index contributed by atoms with van der Waals surface area (Å²) in [5.74, 6) is -1.77. The molecule has 0 aliphatic heterocycles. The van der Waals surface area contributed by atoms with Crippen molar-refractivity contribution < 1.29 is 17.2 Å². The van der Waals surface area contributed by atoms with Gasteiger partial charge in [0.15, 0.2) is 5.82 Å². The fourth-order valence-corrected chi connectivity index (χ4v) is 3.14. The van der Waals surface area contributed by atoms with Crippen LogP contribution in [-0.4, -0.2) is 20.5 Å². The van der Waals surface area contributed by atoms with Crippen LogP contribution in [0.3, 0.4) is 0 Å². The third-order valence-corrected chi connectivity index (χ3v) is 4.56. The molecule has 20 heavy (non-hydrogen) atoms. The van der Waals surface area contributed by atoms with Crippen molar-refractivity contribution in [3.63, 3.8) is 0 Å². The van der Waals surface area contributed by atoms with Gasteiger partial charge in [0.1, 0.15) is 10.7 Å². The van der Waals surface area contributed by atoms with E-state index in [4.69, 9.17) is 0 Å². The van der Waals surface area contributed by atoms with Crippen LogP contribution in [0.25, 0.3) is 0 Å². The third-order valence-electron chi connectivity index (χ3n) is 3.03. The third kappa shape index (κ3) is 3.53. The van der Waals surface area contributed by atoms with Gasteiger partial charge in [0.2, 0.25) is 10.0 Å². The van der Waals surface area contributed by atoms with Crippen molar-refractivity contribution in [2.24, 2.45) is 0 Å². The van der Waals surface area contributed by atoms with Gasteiger partial charge >= 0.3 is 0 Å². The van der Waals surface area contributed by atoms with E-state index in [1.54, 1.807) is 0 Å². The van der Waals surface area contributed by atoms with Gasteiger partial charge in [0.05, 0.1) is 0 Å². The normalized spacial score (nSPS) is 15.8. The Morgan fingerprint density at radius 2 is 1.95 bits per heavy atom. The van der Waals surface area contributed by atoms with Crippen molar-refractivity contribution in [3.8, 4) is 0 Å². The summed E-state index contributed by atoms with van der Waals surface area (Å²) in [6.45, 7) is 3.62. The Morgan fingerprint density at radius 1 is 1.30 bits per heavy atom. The smallest absolute Gasteiger partial charge is 0.243 e. The summed E-state index contributed by atoms with van der Waals surface area (Å²) in [5, 5.41) is 2.88. The van der Waals surface area contributed by atoms with Crippen LogP contribution in [0.1, 0.15) is 32.3 Å². The molecule has 0 bridgehead atoms. The second kappa shape index (κ2) is 5.75. The summed E-state index contributed by atoms with van der Waals surface area (Å²) in [4.78, 5) is -0.494. The molecule has 2 N–H and O–H groups in total. The average molecular weight is 304 g/mol. The highest BCUT2D eigenvalue weighted by Crippen LogP contribution is 2.25. The first-order valence-corrected chi connectivity index (χ1v) is 8.02. The molecule has 1 aromatic rings. The topological polar surface area (TPSA) is 58.2 Å². The fourth-order valence-electron chi connectivity index (χ4n) is 1.74. The lowest BCUT2D eigenvalue weighted by Crippen LogP contribution is -2.28. The number of hydrogen-bond donors (Lipinski definition) is 2. The zero-order valence-electron chi connectivity index (χ0n) is 11.4. The maximum atomic E-state index is 14.3. The van der Waals surface area contributed by atoms with E-state index >= 15 is 0 Å². The van der Waals surface area contributed by atoms with Crippen LogP contribution in [0.5, 0.6) is 0 Å². The fraction of sp³-hybridized carbons (Fsp3) is 0.538. The van der Waals surface area contributed by atoms with Crippen molar-refractivity contribution in [3.05, 3.63) is 29.3 Å². The number of nitrogens with one attached hydrogen (secondary N) is 2. The molecular formula is C13H18F2N2O2S. The summed E-state index contributed by atoms with van der Waals surface area (Å²) in [5.41, 5.74) is -0.252. The predicted molar refractivity (Wildman–Crippen MR) is 71.7 cm³/mol. The van der Waals surface area contributed by atoms with Gasteiger partial charge in [-0.2, -0.15) is 0 Å². The molecule has 0 amide bonds. The van der Waals surface area contributed by atoms with Crippen molar-refractivity contribution in [1.29, 1.82) is 0 Å². The largest absolute Gasteiger partial charge is 0.310 e. The Morgan fingerprint density at radius 3 is 2.50 bits per heavy atom. The summed E-state index contributed by atoms with van der Waals surface area (Å²) < 4.78 is 54.3. The molecule has 112 valence electrons. The van der Waals surface area contributed by atoms with E-state index in [-0.39, 0.29) is 24.2 Å². The lowest BCUT2D eigenvalue weighted by Gasteiger charge is -2.13. The number of benzene rings is 1. The van der Waals surface area contributed by atoms with E-state index < -0.39 is 26.6 Å². The van der Waals surface area contributed by atoms with Crippen LogP contribution >= 0.6 is 0 Å². The molecular weight excluding hydrogens is 286 g/mol. The Balaban J connectivity index is 2.32. The highest BCUT2D eigenvalue weighted by Gasteiger charge is 2.30. The van der Waals surface area contributed by atoms with E-state index in [0.29, 0.717) is 0 Å². The lowest BCUT2D eigenvalue weighted by molar-refractivity contribution is 0.497. The predicted octanol–water partition coefficient (Wildman–Crippen LogP) is 1.90. The minimum Gasteiger partial charge on any atom is -0.310 e. The van der Waals surface area contributed by atoms with Gasteiger partial charge in [-0.3, -0.25) is 0 Å². The number of halogens is 2. The second-order valence-electron chi connectivity index (χ2n) is 5.27. The Kier molecular flexibility index (Phi) is 4.41. The lowest BCUT2D eigenvalue weighted by atomic mass is 10.2. The van der Waals surface area contributed by atoms with Gasteiger partial charge in [-0.25, -0.2) is 21.9 Å². The van der Waals surface area contributed by atoms with Crippen molar-refractivity contribution >= 4 is 10.0 Å². The molecule has 4 nitrogen and oxygen atoms in total. The maximum Gasteiger partial charge on any atom is 0.243 e. The Hall–Kier alpha value is -1.05. The standard InChI is InChI=1S/C13H18F2N2O2S/c1-8(2)16-7-10-11(14)5-6-12(13(10)15)20(18,19)17-9-3-4-9/h5-6,8-9,16-17H,3-4,7H2,1-2H3. The van der Waals surface area contributed by atoms with Crippen molar-refractivity contribution in [2.75, 3.05) is 0 Å². The summed E-state index contributed by atoms with van der Waals surface area (Å²) in [6.07, 6.45) is 1.51. The van der Waals surface area contributed by atoms with Crippen LogP contribution in [0.4, 0.5) is 8.78 Å². The first-order chi connectivity index (χ1) is 9.31. The van der Waals surface area contributed by atoms with E-state index in [1.807, 2.05) is 13.8 Å². The van der Waals surface area contributed by atoms with E-state index in [9.17, 15) is 17.2 Å². The molecule has 2 rings (SSSR count). The van der Waals surface area contributed by atoms with Gasteiger partial charge in [-0.05, 0) is 25.0 Å². The first kappa shape index (κ1) is 15.3. The van der Waals surface area contributed by atoms with Gasteiger partial charge in [0.25, 0.3) is 0 Å². The molecule has 0 aromatic heterocycles. The average Bonchev–Trinajstić information content (AvgIpc) is 3.11. The van der Waals surface area contributed by atoms with Gasteiger partial charge in [0, 0.05) is 24.2 Å². The van der Waals surface area contributed by atoms with Crippen LogP contribution < -0.4 is 10.0 Å². The van der Waals surface area contributed by atoms with Crippen molar-refractivity contribution in [2.45, 2.75) is 50.2 Å². The van der Waals surface area contributed by atoms with Crippen LogP contribution in [-0.2, 0) is 16.6 Å². The number of hydrogen-bond acceptors (Lipinski definition) is 3. The van der Waals surface area contributed by atoms with Crippen LogP contribution in [0.2, 0.25) is 0 Å². The zero-order chi connectivity index (χ0) is 14.9. The van der Waals surface area contributed by atoms with Gasteiger partial charge < -0.3 is 5.32 Å². The Bertz CT molecular complexity index is 599. The van der Waals surface area contributed by atoms with Gasteiger partial charge in [-0.15, -0.1) is 0 Å². The van der Waals surface area contributed by atoms with Crippen LogP contribution in [0.15, 0.2) is 17.0 Å². The highest BCUT2D eigenvalue weighted by molar-refractivity contribution is 7.89. The molecule has 1 aliphatic carbocycles. The maximum absolute atomic E-state index is 14.3. The minimum absolute atomic E-state index is 0.0404. The molecule has 7 heteroatoms. The molecule has 0 spiro atoms. The van der Waals surface area contributed by atoms with Crippen LogP contribution in [0, 0.1) is 11.6 Å². The van der Waals surface area contributed by atoms with Gasteiger partial charge in [-0.1, -0.05) is 13.8 Å². The zero-order valence-corrected chi connectivity index (χ0v) is 12.2. The molecule has 0 radical (unpaired) electrons. The highest BCUT2D eigenvalue weighted by atomic mass is 32.2. The molecule has 0 unspecified atom stereocenters. The first-order valence-electron chi connectivity index (χ1n) is 6.54. The quantitative estimate of drug-likeness (QED) is 0.844. The summed E-state index contributed by atoms with van der Waals surface area (Å²) in [7, 11) is -3.92.